The molecule has 0 aliphatic rings. The van der Waals surface area contributed by atoms with Gasteiger partial charge in [0, 0.05) is 23.3 Å². The molecule has 20 heavy (non-hydrogen) atoms. The Morgan fingerprint density at radius 3 is 2.60 bits per heavy atom. The summed E-state index contributed by atoms with van der Waals surface area (Å²) in [6.07, 6.45) is 1.36. The molecule has 6 heteroatoms. The minimum atomic E-state index is -0.486. The Kier molecular flexibility index (Phi) is 4.18. The second kappa shape index (κ2) is 6.24. The number of hydrazone groups is 1. The van der Waals surface area contributed by atoms with Gasteiger partial charge in [-0.2, -0.15) is 5.10 Å². The Morgan fingerprint density at radius 1 is 1.15 bits per heavy atom. The Morgan fingerprint density at radius 2 is 1.90 bits per heavy atom. The molecule has 2 rings (SSSR count). The molecule has 0 saturated heterocycles. The van der Waals surface area contributed by atoms with Crippen molar-refractivity contribution < 1.29 is 9.72 Å². The molecule has 0 aliphatic heterocycles. The largest absolute Gasteiger partial charge is 0.271 e. The molecular formula is C14H11N3O3. The van der Waals surface area contributed by atoms with Crippen LogP contribution in [0.5, 0.6) is 0 Å². The van der Waals surface area contributed by atoms with E-state index in [4.69, 9.17) is 0 Å². The Hall–Kier alpha value is -3.02. The maximum absolute atomic E-state index is 11.7. The van der Waals surface area contributed by atoms with Gasteiger partial charge in [-0.15, -0.1) is 0 Å². The van der Waals surface area contributed by atoms with Crippen LogP contribution in [-0.2, 0) is 0 Å². The van der Waals surface area contributed by atoms with E-state index in [1.54, 1.807) is 36.4 Å². The minimum absolute atomic E-state index is 0.0247. The number of carbonyl (C=O) groups is 1. The predicted octanol–water partition coefficient (Wildman–Crippen LogP) is 2.36. The standard InChI is InChI=1S/C14H11N3O3/c18-14(12-6-2-1-3-7-12)16-15-10-11-5-4-8-13(9-11)17(19)20/h1-10H,(H,16,18). The molecule has 1 amide bonds. The van der Waals surface area contributed by atoms with Crippen LogP contribution in [0.2, 0.25) is 0 Å². The molecule has 0 radical (unpaired) electrons. The van der Waals surface area contributed by atoms with Crippen LogP contribution < -0.4 is 5.43 Å². The van der Waals surface area contributed by atoms with Gasteiger partial charge in [0.1, 0.15) is 0 Å². The van der Waals surface area contributed by atoms with E-state index in [0.29, 0.717) is 11.1 Å². The van der Waals surface area contributed by atoms with E-state index in [1.807, 2.05) is 6.07 Å². The van der Waals surface area contributed by atoms with Crippen LogP contribution >= 0.6 is 0 Å². The van der Waals surface area contributed by atoms with Crippen molar-refractivity contribution >= 4 is 17.8 Å². The van der Waals surface area contributed by atoms with Crippen LogP contribution in [0.3, 0.4) is 0 Å². The van der Waals surface area contributed by atoms with Crippen LogP contribution in [0, 0.1) is 10.1 Å². The monoisotopic (exact) mass is 269 g/mol. The lowest BCUT2D eigenvalue weighted by Crippen LogP contribution is -2.17. The molecule has 0 spiro atoms. The highest BCUT2D eigenvalue weighted by Crippen LogP contribution is 2.11. The van der Waals surface area contributed by atoms with Gasteiger partial charge < -0.3 is 0 Å². The zero-order chi connectivity index (χ0) is 14.4. The van der Waals surface area contributed by atoms with Gasteiger partial charge in [-0.05, 0) is 12.1 Å². The molecule has 2 aromatic carbocycles. The van der Waals surface area contributed by atoms with E-state index in [0.717, 1.165) is 0 Å². The van der Waals surface area contributed by atoms with Crippen LogP contribution in [-0.4, -0.2) is 17.0 Å². The topological polar surface area (TPSA) is 84.6 Å². The number of nitrogens with zero attached hydrogens (tertiary/aromatic N) is 2. The second-order valence-electron chi connectivity index (χ2n) is 3.92. The summed E-state index contributed by atoms with van der Waals surface area (Å²) >= 11 is 0. The summed E-state index contributed by atoms with van der Waals surface area (Å²) in [7, 11) is 0. The van der Waals surface area contributed by atoms with Crippen molar-refractivity contribution in [1.29, 1.82) is 0 Å². The highest BCUT2D eigenvalue weighted by atomic mass is 16.6. The van der Waals surface area contributed by atoms with Gasteiger partial charge in [-0.25, -0.2) is 5.43 Å². The van der Waals surface area contributed by atoms with Crippen LogP contribution in [0.1, 0.15) is 15.9 Å². The first-order valence-corrected chi connectivity index (χ1v) is 5.80. The van der Waals surface area contributed by atoms with Crippen molar-refractivity contribution in [2.24, 2.45) is 5.10 Å². The molecule has 0 atom stereocenters. The van der Waals surface area contributed by atoms with Crippen LogP contribution in [0.25, 0.3) is 0 Å². The van der Waals surface area contributed by atoms with Crippen molar-refractivity contribution in [3.63, 3.8) is 0 Å². The number of hydrogen-bond acceptors (Lipinski definition) is 4. The average molecular weight is 269 g/mol. The third-order valence-electron chi connectivity index (χ3n) is 2.50. The fraction of sp³-hybridized carbons (Fsp3) is 0. The van der Waals surface area contributed by atoms with E-state index in [1.165, 1.54) is 18.3 Å². The number of nitrogens with one attached hydrogen (secondary N) is 1. The van der Waals surface area contributed by atoms with Gasteiger partial charge in [0.2, 0.25) is 0 Å². The molecule has 2 aromatic rings. The first-order valence-electron chi connectivity index (χ1n) is 5.80. The SMILES string of the molecule is O=C(NN=Cc1cccc([N+](=O)[O-])c1)c1ccccc1. The third-order valence-corrected chi connectivity index (χ3v) is 2.50. The van der Waals surface area contributed by atoms with Crippen LogP contribution in [0.15, 0.2) is 59.7 Å². The number of amides is 1. The fourth-order valence-corrected chi connectivity index (χ4v) is 1.54. The summed E-state index contributed by atoms with van der Waals surface area (Å²) in [6, 6.07) is 14.6. The molecule has 0 heterocycles. The summed E-state index contributed by atoms with van der Waals surface area (Å²) in [5.74, 6) is -0.340. The molecule has 0 fully saturated rings. The summed E-state index contributed by atoms with van der Waals surface area (Å²) in [6.45, 7) is 0. The molecule has 0 aromatic heterocycles. The fourth-order valence-electron chi connectivity index (χ4n) is 1.54. The summed E-state index contributed by atoms with van der Waals surface area (Å²) in [4.78, 5) is 21.8. The maximum atomic E-state index is 11.7. The highest BCUT2D eigenvalue weighted by Gasteiger charge is 2.04. The number of non-ortho nitro benzene ring substituents is 1. The molecule has 0 bridgehead atoms. The second-order valence-corrected chi connectivity index (χ2v) is 3.92. The quantitative estimate of drug-likeness (QED) is 0.525. The molecule has 0 unspecified atom stereocenters. The smallest absolute Gasteiger partial charge is 0.267 e. The molecule has 0 saturated carbocycles. The summed E-state index contributed by atoms with van der Waals surface area (Å²) < 4.78 is 0. The first kappa shape index (κ1) is 13.4. The van der Waals surface area contributed by atoms with Crippen molar-refractivity contribution in [3.8, 4) is 0 Å². The van der Waals surface area contributed by atoms with Gasteiger partial charge in [0.25, 0.3) is 11.6 Å². The minimum Gasteiger partial charge on any atom is -0.267 e. The first-order chi connectivity index (χ1) is 9.66. The lowest BCUT2D eigenvalue weighted by molar-refractivity contribution is -0.384. The number of hydrogen-bond donors (Lipinski definition) is 1. The number of nitro benzene ring substituents is 1. The van der Waals surface area contributed by atoms with Gasteiger partial charge >= 0.3 is 0 Å². The zero-order valence-electron chi connectivity index (χ0n) is 10.4. The van der Waals surface area contributed by atoms with Crippen LogP contribution in [0.4, 0.5) is 5.69 Å². The molecule has 6 nitrogen and oxygen atoms in total. The molecular weight excluding hydrogens is 258 g/mol. The van der Waals surface area contributed by atoms with Gasteiger partial charge in [0.15, 0.2) is 0 Å². The number of rotatable bonds is 4. The van der Waals surface area contributed by atoms with E-state index in [-0.39, 0.29) is 11.6 Å². The Balaban J connectivity index is 2.02. The Labute approximate surface area is 114 Å². The number of carbonyl (C=O) groups excluding carboxylic acids is 1. The maximum Gasteiger partial charge on any atom is 0.271 e. The lowest BCUT2D eigenvalue weighted by Gasteiger charge is -1.98. The normalized spacial score (nSPS) is 10.4. The van der Waals surface area contributed by atoms with Crippen molar-refractivity contribution in [1.82, 2.24) is 5.43 Å². The van der Waals surface area contributed by atoms with Crippen molar-refractivity contribution in [2.45, 2.75) is 0 Å². The molecule has 1 N–H and O–H groups in total. The highest BCUT2D eigenvalue weighted by molar-refractivity contribution is 5.94. The summed E-state index contributed by atoms with van der Waals surface area (Å²) in [5, 5.41) is 14.4. The van der Waals surface area contributed by atoms with Gasteiger partial charge in [0.05, 0.1) is 11.1 Å². The van der Waals surface area contributed by atoms with Crippen molar-refractivity contribution in [2.75, 3.05) is 0 Å². The number of nitro groups is 1. The third kappa shape index (κ3) is 3.49. The molecule has 0 aliphatic carbocycles. The van der Waals surface area contributed by atoms with E-state index >= 15 is 0 Å². The zero-order valence-corrected chi connectivity index (χ0v) is 10.4. The Bertz CT molecular complexity index is 654. The van der Waals surface area contributed by atoms with Gasteiger partial charge in [-0.3, -0.25) is 14.9 Å². The average Bonchev–Trinajstić information content (AvgIpc) is 2.48. The van der Waals surface area contributed by atoms with E-state index < -0.39 is 4.92 Å². The van der Waals surface area contributed by atoms with E-state index in [9.17, 15) is 14.9 Å². The molecule has 100 valence electrons. The summed E-state index contributed by atoms with van der Waals surface area (Å²) in [5.41, 5.74) is 3.36. The predicted molar refractivity (Wildman–Crippen MR) is 74.6 cm³/mol. The number of benzene rings is 2. The van der Waals surface area contributed by atoms with E-state index in [2.05, 4.69) is 10.5 Å². The lowest BCUT2D eigenvalue weighted by atomic mass is 10.2. The van der Waals surface area contributed by atoms with Gasteiger partial charge in [-0.1, -0.05) is 30.3 Å². The van der Waals surface area contributed by atoms with Crippen molar-refractivity contribution in [3.05, 3.63) is 75.8 Å².